The van der Waals surface area contributed by atoms with Crippen LogP contribution < -0.4 is 20.2 Å². The maximum absolute atomic E-state index is 11.9. The predicted molar refractivity (Wildman–Crippen MR) is 128 cm³/mol. The maximum atomic E-state index is 11.9. The van der Waals surface area contributed by atoms with Crippen molar-refractivity contribution in [1.29, 1.82) is 0 Å². The van der Waals surface area contributed by atoms with Gasteiger partial charge in [0.25, 0.3) is 0 Å². The van der Waals surface area contributed by atoms with E-state index in [1.807, 2.05) is 60.7 Å². The van der Waals surface area contributed by atoms with Crippen molar-refractivity contribution in [2.24, 2.45) is 5.10 Å². The SMILES string of the molecule is COc1cc(/C=N\NC(=O)C(=O)NCCc2ccccc2)cc(Cl)c1OCc1ccccc1. The number of amides is 2. The lowest BCUT2D eigenvalue weighted by Gasteiger charge is -2.13. The summed E-state index contributed by atoms with van der Waals surface area (Å²) in [6.07, 6.45) is 1.99. The van der Waals surface area contributed by atoms with Crippen LogP contribution >= 0.6 is 11.6 Å². The average Bonchev–Trinajstić information content (AvgIpc) is 2.84. The molecule has 3 rings (SSSR count). The number of nitrogens with zero attached hydrogens (tertiary/aromatic N) is 1. The Morgan fingerprint density at radius 2 is 1.64 bits per heavy atom. The number of hydrogen-bond acceptors (Lipinski definition) is 5. The molecule has 8 heteroatoms. The number of ether oxygens (including phenoxy) is 2. The van der Waals surface area contributed by atoms with Crippen LogP contribution in [0.4, 0.5) is 0 Å². The first kappa shape index (κ1) is 23.8. The number of nitrogens with one attached hydrogen (secondary N) is 2. The van der Waals surface area contributed by atoms with E-state index in [2.05, 4.69) is 15.8 Å². The lowest BCUT2D eigenvalue weighted by molar-refractivity contribution is -0.139. The van der Waals surface area contributed by atoms with Crippen molar-refractivity contribution in [2.75, 3.05) is 13.7 Å². The van der Waals surface area contributed by atoms with Crippen LogP contribution in [0.1, 0.15) is 16.7 Å². The number of halogens is 1. The first-order chi connectivity index (χ1) is 16.1. The van der Waals surface area contributed by atoms with Crippen LogP contribution in [0.5, 0.6) is 11.5 Å². The first-order valence-electron chi connectivity index (χ1n) is 10.3. The van der Waals surface area contributed by atoms with Gasteiger partial charge in [0.05, 0.1) is 18.3 Å². The van der Waals surface area contributed by atoms with Crippen LogP contribution in [0.2, 0.25) is 5.02 Å². The van der Waals surface area contributed by atoms with Gasteiger partial charge in [-0.1, -0.05) is 72.3 Å². The highest BCUT2D eigenvalue weighted by Gasteiger charge is 2.13. The summed E-state index contributed by atoms with van der Waals surface area (Å²) in [4.78, 5) is 23.8. The number of benzene rings is 3. The largest absolute Gasteiger partial charge is 0.493 e. The molecule has 0 aromatic heterocycles. The first-order valence-corrected chi connectivity index (χ1v) is 10.6. The second-order valence-corrected chi connectivity index (χ2v) is 7.41. The summed E-state index contributed by atoms with van der Waals surface area (Å²) < 4.78 is 11.2. The van der Waals surface area contributed by atoms with Crippen molar-refractivity contribution in [1.82, 2.24) is 10.7 Å². The van der Waals surface area contributed by atoms with E-state index in [0.717, 1.165) is 11.1 Å². The van der Waals surface area contributed by atoms with Crippen LogP contribution in [-0.4, -0.2) is 31.7 Å². The summed E-state index contributed by atoms with van der Waals surface area (Å²) in [6, 6.07) is 22.6. The van der Waals surface area contributed by atoms with Gasteiger partial charge in [-0.3, -0.25) is 9.59 Å². The molecule has 0 bridgehead atoms. The third kappa shape index (κ3) is 7.36. The Hall–Kier alpha value is -3.84. The van der Waals surface area contributed by atoms with Gasteiger partial charge in [0.1, 0.15) is 6.61 Å². The highest BCUT2D eigenvalue weighted by Crippen LogP contribution is 2.36. The van der Waals surface area contributed by atoms with E-state index in [1.54, 1.807) is 12.1 Å². The molecule has 0 spiro atoms. The van der Waals surface area contributed by atoms with Gasteiger partial charge in [-0.2, -0.15) is 5.10 Å². The van der Waals surface area contributed by atoms with Crippen LogP contribution in [0.3, 0.4) is 0 Å². The minimum atomic E-state index is -0.861. The summed E-state index contributed by atoms with van der Waals surface area (Å²) in [5.41, 5.74) is 4.82. The summed E-state index contributed by atoms with van der Waals surface area (Å²) in [5.74, 6) is -0.796. The van der Waals surface area contributed by atoms with Crippen LogP contribution in [0, 0.1) is 0 Å². The number of hydrazone groups is 1. The Balaban J connectivity index is 1.52. The minimum absolute atomic E-state index is 0.330. The molecular formula is C25H24ClN3O4. The van der Waals surface area contributed by atoms with Crippen LogP contribution in [0.15, 0.2) is 77.9 Å². The standard InChI is InChI=1S/C25H24ClN3O4/c1-32-22-15-20(14-21(26)23(22)33-17-19-10-6-3-7-11-19)16-28-29-25(31)24(30)27-13-12-18-8-4-2-5-9-18/h2-11,14-16H,12-13,17H2,1H3,(H,27,30)(H,29,31)/b28-16-. The number of carbonyl (C=O) groups excluding carboxylic acids is 2. The molecule has 0 saturated carbocycles. The lowest BCUT2D eigenvalue weighted by atomic mass is 10.1. The minimum Gasteiger partial charge on any atom is -0.493 e. The maximum Gasteiger partial charge on any atom is 0.329 e. The normalized spacial score (nSPS) is 10.6. The summed E-state index contributed by atoms with van der Waals surface area (Å²) in [7, 11) is 1.50. The van der Waals surface area contributed by atoms with Crippen molar-refractivity contribution in [3.05, 3.63) is 94.5 Å². The quantitative estimate of drug-likeness (QED) is 0.286. The summed E-state index contributed by atoms with van der Waals surface area (Å²) in [5, 5.41) is 6.72. The molecular weight excluding hydrogens is 442 g/mol. The zero-order chi connectivity index (χ0) is 23.5. The van der Waals surface area contributed by atoms with Crippen molar-refractivity contribution < 1.29 is 19.1 Å². The lowest BCUT2D eigenvalue weighted by Crippen LogP contribution is -2.38. The zero-order valence-electron chi connectivity index (χ0n) is 18.1. The Labute approximate surface area is 197 Å². The fourth-order valence-corrected chi connectivity index (χ4v) is 3.22. The molecule has 0 aliphatic carbocycles. The molecule has 0 fully saturated rings. The molecule has 0 atom stereocenters. The van der Waals surface area contributed by atoms with Gasteiger partial charge in [-0.05, 0) is 35.2 Å². The van der Waals surface area contributed by atoms with Crippen molar-refractivity contribution in [3.63, 3.8) is 0 Å². The van der Waals surface area contributed by atoms with Gasteiger partial charge in [-0.25, -0.2) is 5.43 Å². The van der Waals surface area contributed by atoms with Gasteiger partial charge in [0.2, 0.25) is 0 Å². The Morgan fingerprint density at radius 1 is 0.970 bits per heavy atom. The zero-order valence-corrected chi connectivity index (χ0v) is 18.8. The molecule has 170 valence electrons. The average molecular weight is 466 g/mol. The van der Waals surface area contributed by atoms with E-state index in [9.17, 15) is 9.59 Å². The molecule has 33 heavy (non-hydrogen) atoms. The number of rotatable bonds is 9. The fourth-order valence-electron chi connectivity index (χ4n) is 2.95. The van der Waals surface area contributed by atoms with E-state index in [1.165, 1.54) is 13.3 Å². The Kier molecular flexibility index (Phi) is 8.85. The predicted octanol–water partition coefficient (Wildman–Crippen LogP) is 3.74. The molecule has 0 saturated heterocycles. The van der Waals surface area contributed by atoms with Gasteiger partial charge in [0, 0.05) is 6.54 Å². The summed E-state index contributed by atoms with van der Waals surface area (Å²) in [6.45, 7) is 0.678. The van der Waals surface area contributed by atoms with Crippen LogP contribution in [-0.2, 0) is 22.6 Å². The van der Waals surface area contributed by atoms with Gasteiger partial charge < -0.3 is 14.8 Å². The molecule has 0 heterocycles. The highest BCUT2D eigenvalue weighted by molar-refractivity contribution is 6.35. The molecule has 0 radical (unpaired) electrons. The van der Waals surface area contributed by atoms with Gasteiger partial charge >= 0.3 is 11.8 Å². The second-order valence-electron chi connectivity index (χ2n) is 7.00. The van der Waals surface area contributed by atoms with Crippen molar-refractivity contribution in [2.45, 2.75) is 13.0 Å². The third-order valence-corrected chi connectivity index (χ3v) is 4.89. The fraction of sp³-hybridized carbons (Fsp3) is 0.160. The van der Waals surface area contributed by atoms with Crippen molar-refractivity contribution >= 4 is 29.6 Å². The third-order valence-electron chi connectivity index (χ3n) is 4.61. The molecule has 0 unspecified atom stereocenters. The molecule has 0 aliphatic heterocycles. The number of carbonyl (C=O) groups is 2. The smallest absolute Gasteiger partial charge is 0.329 e. The molecule has 0 aliphatic rings. The molecule has 2 N–H and O–H groups in total. The Bertz CT molecular complexity index is 1110. The van der Waals surface area contributed by atoms with E-state index in [-0.39, 0.29) is 0 Å². The van der Waals surface area contributed by atoms with Crippen molar-refractivity contribution in [3.8, 4) is 11.5 Å². The molecule has 3 aromatic carbocycles. The van der Waals surface area contributed by atoms with E-state index < -0.39 is 11.8 Å². The monoisotopic (exact) mass is 465 g/mol. The van der Waals surface area contributed by atoms with Gasteiger partial charge in [-0.15, -0.1) is 0 Å². The van der Waals surface area contributed by atoms with Crippen LogP contribution in [0.25, 0.3) is 0 Å². The number of hydrogen-bond donors (Lipinski definition) is 2. The Morgan fingerprint density at radius 3 is 2.30 bits per heavy atom. The second kappa shape index (κ2) is 12.3. The van der Waals surface area contributed by atoms with Gasteiger partial charge in [0.15, 0.2) is 11.5 Å². The van der Waals surface area contributed by atoms with E-state index in [4.69, 9.17) is 21.1 Å². The molecule has 2 amide bonds. The number of methoxy groups -OCH3 is 1. The topological polar surface area (TPSA) is 89.0 Å². The van der Waals surface area contributed by atoms with E-state index in [0.29, 0.717) is 41.7 Å². The molecule has 3 aromatic rings. The highest BCUT2D eigenvalue weighted by atomic mass is 35.5. The molecule has 7 nitrogen and oxygen atoms in total. The van der Waals surface area contributed by atoms with E-state index >= 15 is 0 Å². The summed E-state index contributed by atoms with van der Waals surface area (Å²) >= 11 is 6.36.